The van der Waals surface area contributed by atoms with Gasteiger partial charge < -0.3 is 5.73 Å². The quantitative estimate of drug-likeness (QED) is 0.647. The average molecular weight is 197 g/mol. The lowest BCUT2D eigenvalue weighted by Gasteiger charge is -2.10. The zero-order valence-electron chi connectivity index (χ0n) is 7.29. The van der Waals surface area contributed by atoms with E-state index < -0.39 is 16.0 Å². The highest BCUT2D eigenvalue weighted by atomic mass is 32.3. The van der Waals surface area contributed by atoms with Crippen LogP contribution in [-0.2, 0) is 10.2 Å². The lowest BCUT2D eigenvalue weighted by Crippen LogP contribution is -2.17. The fourth-order valence-electron chi connectivity index (χ4n) is 1.10. The molecule has 12 heavy (non-hydrogen) atoms. The van der Waals surface area contributed by atoms with Crippen LogP contribution in [0.15, 0.2) is 0 Å². The first kappa shape index (κ1) is 11.8. The number of halogens is 1. The van der Waals surface area contributed by atoms with E-state index >= 15 is 0 Å². The summed E-state index contributed by atoms with van der Waals surface area (Å²) in [7, 11) is -4.30. The van der Waals surface area contributed by atoms with Gasteiger partial charge in [-0.15, -0.1) is 3.89 Å². The first-order valence-corrected chi connectivity index (χ1v) is 5.67. The van der Waals surface area contributed by atoms with E-state index in [1.807, 2.05) is 6.92 Å². The molecule has 0 aliphatic heterocycles. The van der Waals surface area contributed by atoms with Gasteiger partial charge in [-0.3, -0.25) is 0 Å². The van der Waals surface area contributed by atoms with Crippen LogP contribution in [0.3, 0.4) is 0 Å². The SMILES string of the molecule is CCCC(CN)CCS(=O)(=O)F. The number of hydrogen-bond acceptors (Lipinski definition) is 3. The second kappa shape index (κ2) is 5.48. The Morgan fingerprint density at radius 3 is 2.33 bits per heavy atom. The molecule has 3 nitrogen and oxygen atoms in total. The van der Waals surface area contributed by atoms with Crippen LogP contribution in [-0.4, -0.2) is 20.7 Å². The molecule has 0 amide bonds. The van der Waals surface area contributed by atoms with E-state index in [1.165, 1.54) is 0 Å². The molecule has 0 aliphatic carbocycles. The lowest BCUT2D eigenvalue weighted by molar-refractivity contribution is 0.466. The highest BCUT2D eigenvalue weighted by molar-refractivity contribution is 7.86. The van der Waals surface area contributed by atoms with E-state index in [0.717, 1.165) is 12.8 Å². The molecule has 5 heteroatoms. The third kappa shape index (κ3) is 6.54. The average Bonchev–Trinajstić information content (AvgIpc) is 1.96. The summed E-state index contributed by atoms with van der Waals surface area (Å²) in [6.45, 7) is 2.43. The lowest BCUT2D eigenvalue weighted by atomic mass is 10.0. The topological polar surface area (TPSA) is 60.2 Å². The van der Waals surface area contributed by atoms with Crippen molar-refractivity contribution in [2.45, 2.75) is 26.2 Å². The molecular formula is C7H16FNO2S. The first-order chi connectivity index (χ1) is 5.49. The normalized spacial score (nSPS) is 14.6. The summed E-state index contributed by atoms with van der Waals surface area (Å²) in [4.78, 5) is 0. The van der Waals surface area contributed by atoms with Crippen LogP contribution in [0.1, 0.15) is 26.2 Å². The zero-order chi connectivity index (χ0) is 9.61. The van der Waals surface area contributed by atoms with Crippen molar-refractivity contribution < 1.29 is 12.3 Å². The highest BCUT2D eigenvalue weighted by Gasteiger charge is 2.12. The van der Waals surface area contributed by atoms with Gasteiger partial charge in [0.25, 0.3) is 0 Å². The second-order valence-electron chi connectivity index (χ2n) is 2.92. The largest absolute Gasteiger partial charge is 0.330 e. The fraction of sp³-hybridized carbons (Fsp3) is 1.00. The molecule has 0 aromatic heterocycles. The Morgan fingerprint density at radius 1 is 1.42 bits per heavy atom. The zero-order valence-corrected chi connectivity index (χ0v) is 8.11. The van der Waals surface area contributed by atoms with Gasteiger partial charge >= 0.3 is 10.2 Å². The Kier molecular flexibility index (Phi) is 5.41. The molecule has 0 saturated carbocycles. The van der Waals surface area contributed by atoms with E-state index in [-0.39, 0.29) is 5.92 Å². The van der Waals surface area contributed by atoms with Gasteiger partial charge in [-0.05, 0) is 25.3 Å². The number of rotatable bonds is 6. The van der Waals surface area contributed by atoms with Crippen LogP contribution in [0.5, 0.6) is 0 Å². The predicted octanol–water partition coefficient (Wildman–Crippen LogP) is 1.05. The van der Waals surface area contributed by atoms with E-state index in [4.69, 9.17) is 5.73 Å². The van der Waals surface area contributed by atoms with Gasteiger partial charge in [-0.2, -0.15) is 8.42 Å². The summed E-state index contributed by atoms with van der Waals surface area (Å²) in [5.74, 6) is -0.255. The van der Waals surface area contributed by atoms with Crippen molar-refractivity contribution >= 4 is 10.2 Å². The summed E-state index contributed by atoms with van der Waals surface area (Å²) in [6, 6.07) is 0. The Labute approximate surface area is 73.4 Å². The Balaban J connectivity index is 3.73. The van der Waals surface area contributed by atoms with Gasteiger partial charge in [-0.1, -0.05) is 13.3 Å². The molecule has 0 aromatic carbocycles. The molecule has 0 heterocycles. The molecule has 2 N–H and O–H groups in total. The molecule has 0 bridgehead atoms. The third-order valence-corrected chi connectivity index (χ3v) is 2.52. The van der Waals surface area contributed by atoms with Crippen LogP contribution in [0.25, 0.3) is 0 Å². The molecule has 0 aromatic rings. The summed E-state index contributed by atoms with van der Waals surface area (Å²) >= 11 is 0. The monoisotopic (exact) mass is 197 g/mol. The second-order valence-corrected chi connectivity index (χ2v) is 4.41. The third-order valence-electron chi connectivity index (χ3n) is 1.80. The maximum Gasteiger partial charge on any atom is 0.302 e. The Morgan fingerprint density at radius 2 is 2.00 bits per heavy atom. The minimum Gasteiger partial charge on any atom is -0.330 e. The van der Waals surface area contributed by atoms with Crippen molar-refractivity contribution in [3.05, 3.63) is 0 Å². The van der Waals surface area contributed by atoms with Crippen molar-refractivity contribution in [3.63, 3.8) is 0 Å². The van der Waals surface area contributed by atoms with Crippen molar-refractivity contribution in [2.75, 3.05) is 12.3 Å². The minimum atomic E-state index is -4.30. The van der Waals surface area contributed by atoms with Crippen LogP contribution < -0.4 is 5.73 Å². The van der Waals surface area contributed by atoms with Gasteiger partial charge in [0.1, 0.15) is 0 Å². The number of hydrogen-bond donors (Lipinski definition) is 1. The smallest absolute Gasteiger partial charge is 0.302 e. The molecule has 0 spiro atoms. The molecule has 0 rings (SSSR count). The van der Waals surface area contributed by atoms with Crippen molar-refractivity contribution in [1.29, 1.82) is 0 Å². The first-order valence-electron chi connectivity index (χ1n) is 4.12. The highest BCUT2D eigenvalue weighted by Crippen LogP contribution is 2.11. The summed E-state index contributed by atoms with van der Waals surface area (Å²) < 4.78 is 32.4. The molecule has 1 unspecified atom stereocenters. The van der Waals surface area contributed by atoms with E-state index in [1.54, 1.807) is 0 Å². The molecule has 0 radical (unpaired) electrons. The fourth-order valence-corrected chi connectivity index (χ4v) is 1.71. The van der Waals surface area contributed by atoms with Gasteiger partial charge in [0, 0.05) is 0 Å². The van der Waals surface area contributed by atoms with Crippen LogP contribution in [0.2, 0.25) is 0 Å². The van der Waals surface area contributed by atoms with E-state index in [0.29, 0.717) is 13.0 Å². The molecule has 0 aliphatic rings. The maximum atomic E-state index is 12.1. The Bertz CT molecular complexity index is 203. The van der Waals surface area contributed by atoms with E-state index in [9.17, 15) is 12.3 Å². The number of nitrogens with two attached hydrogens (primary N) is 1. The van der Waals surface area contributed by atoms with Crippen molar-refractivity contribution in [3.8, 4) is 0 Å². The van der Waals surface area contributed by atoms with Crippen molar-refractivity contribution in [2.24, 2.45) is 11.7 Å². The molecule has 0 saturated heterocycles. The van der Waals surface area contributed by atoms with Crippen LogP contribution >= 0.6 is 0 Å². The van der Waals surface area contributed by atoms with Crippen molar-refractivity contribution in [1.82, 2.24) is 0 Å². The minimum absolute atomic E-state index is 0.139. The summed E-state index contributed by atoms with van der Waals surface area (Å²) in [5.41, 5.74) is 5.37. The molecule has 74 valence electrons. The maximum absolute atomic E-state index is 12.1. The van der Waals surface area contributed by atoms with Gasteiger partial charge in [0.15, 0.2) is 0 Å². The van der Waals surface area contributed by atoms with E-state index in [2.05, 4.69) is 0 Å². The van der Waals surface area contributed by atoms with Crippen LogP contribution in [0.4, 0.5) is 3.89 Å². The standard InChI is InChI=1S/C7H16FNO2S/c1-2-3-7(6-9)4-5-12(8,10)11/h7H,2-6,9H2,1H3. The predicted molar refractivity (Wildman–Crippen MR) is 47.0 cm³/mol. The van der Waals surface area contributed by atoms with Gasteiger partial charge in [0.2, 0.25) is 0 Å². The van der Waals surface area contributed by atoms with Gasteiger partial charge in [0.05, 0.1) is 5.75 Å². The summed E-state index contributed by atoms with van der Waals surface area (Å²) in [6.07, 6.45) is 2.16. The Hall–Kier alpha value is -0.160. The summed E-state index contributed by atoms with van der Waals surface area (Å²) in [5, 5.41) is 0. The molecule has 0 fully saturated rings. The van der Waals surface area contributed by atoms with Gasteiger partial charge in [-0.25, -0.2) is 0 Å². The van der Waals surface area contributed by atoms with Crippen LogP contribution in [0, 0.1) is 5.92 Å². The molecular weight excluding hydrogens is 181 g/mol. The molecule has 1 atom stereocenters.